The zero-order valence-corrected chi connectivity index (χ0v) is 11.3. The highest BCUT2D eigenvalue weighted by Crippen LogP contribution is 2.24. The maximum Gasteiger partial charge on any atom is 0.257 e. The third-order valence-electron chi connectivity index (χ3n) is 3.09. The Labute approximate surface area is 107 Å². The Morgan fingerprint density at radius 2 is 1.94 bits per heavy atom. The molecule has 1 aromatic rings. The SMILES string of the molecule is CC(C)C(C)N(C)C(=O)c1cc(Cl)ccc1O. The molecule has 94 valence electrons. The van der Waals surface area contributed by atoms with Crippen molar-refractivity contribution in [2.75, 3.05) is 7.05 Å². The van der Waals surface area contributed by atoms with Crippen LogP contribution in [0.15, 0.2) is 18.2 Å². The van der Waals surface area contributed by atoms with Crippen LogP contribution in [0.1, 0.15) is 31.1 Å². The van der Waals surface area contributed by atoms with Gasteiger partial charge >= 0.3 is 0 Å². The average Bonchev–Trinajstić information content (AvgIpc) is 2.29. The van der Waals surface area contributed by atoms with Gasteiger partial charge in [-0.15, -0.1) is 0 Å². The summed E-state index contributed by atoms with van der Waals surface area (Å²) in [5.41, 5.74) is 0.243. The molecule has 0 radical (unpaired) electrons. The summed E-state index contributed by atoms with van der Waals surface area (Å²) >= 11 is 5.83. The molecule has 0 spiro atoms. The lowest BCUT2D eigenvalue weighted by molar-refractivity contribution is 0.0704. The van der Waals surface area contributed by atoms with Crippen LogP contribution in [0.5, 0.6) is 5.75 Å². The fourth-order valence-corrected chi connectivity index (χ4v) is 1.67. The van der Waals surface area contributed by atoms with Gasteiger partial charge in [0.15, 0.2) is 0 Å². The molecule has 0 saturated heterocycles. The van der Waals surface area contributed by atoms with Crippen LogP contribution in [0.2, 0.25) is 5.02 Å². The fourth-order valence-electron chi connectivity index (χ4n) is 1.50. The van der Waals surface area contributed by atoms with Gasteiger partial charge in [0.25, 0.3) is 5.91 Å². The molecule has 0 saturated carbocycles. The molecule has 1 unspecified atom stereocenters. The number of phenolic OH excluding ortho intramolecular Hbond substituents is 1. The van der Waals surface area contributed by atoms with Gasteiger partial charge in [-0.3, -0.25) is 4.79 Å². The summed E-state index contributed by atoms with van der Waals surface area (Å²) in [6.07, 6.45) is 0. The molecule has 0 aromatic heterocycles. The molecule has 3 nitrogen and oxygen atoms in total. The first-order valence-corrected chi connectivity index (χ1v) is 5.98. The van der Waals surface area contributed by atoms with Gasteiger partial charge < -0.3 is 10.0 Å². The minimum absolute atomic E-state index is 0.0396. The van der Waals surface area contributed by atoms with Crippen molar-refractivity contribution in [1.29, 1.82) is 0 Å². The molecule has 1 N–H and O–H groups in total. The third-order valence-corrected chi connectivity index (χ3v) is 3.32. The molecule has 1 atom stereocenters. The van der Waals surface area contributed by atoms with Gasteiger partial charge in [0, 0.05) is 18.1 Å². The highest BCUT2D eigenvalue weighted by atomic mass is 35.5. The van der Waals surface area contributed by atoms with Crippen molar-refractivity contribution in [3.8, 4) is 5.75 Å². The van der Waals surface area contributed by atoms with Gasteiger partial charge in [-0.25, -0.2) is 0 Å². The highest BCUT2D eigenvalue weighted by Gasteiger charge is 2.22. The lowest BCUT2D eigenvalue weighted by Crippen LogP contribution is -2.38. The number of hydrogen-bond acceptors (Lipinski definition) is 2. The maximum absolute atomic E-state index is 12.2. The number of carbonyl (C=O) groups is 1. The number of carbonyl (C=O) groups excluding carboxylic acids is 1. The summed E-state index contributed by atoms with van der Waals surface area (Å²) in [7, 11) is 1.73. The van der Waals surface area contributed by atoms with E-state index in [0.29, 0.717) is 10.9 Å². The summed E-state index contributed by atoms with van der Waals surface area (Å²) in [6.45, 7) is 6.07. The Bertz CT molecular complexity index is 418. The van der Waals surface area contributed by atoms with E-state index in [1.807, 2.05) is 20.8 Å². The van der Waals surface area contributed by atoms with Gasteiger partial charge in [0.05, 0.1) is 5.56 Å². The minimum atomic E-state index is -0.216. The summed E-state index contributed by atoms with van der Waals surface area (Å²) in [5.74, 6) is 0.0960. The van der Waals surface area contributed by atoms with Gasteiger partial charge in [0.1, 0.15) is 5.75 Å². The Hall–Kier alpha value is -1.22. The van der Waals surface area contributed by atoms with Crippen LogP contribution in [-0.4, -0.2) is 29.0 Å². The zero-order valence-electron chi connectivity index (χ0n) is 10.6. The smallest absolute Gasteiger partial charge is 0.257 e. The van der Waals surface area contributed by atoms with Crippen molar-refractivity contribution >= 4 is 17.5 Å². The Morgan fingerprint density at radius 1 is 1.35 bits per heavy atom. The molecule has 0 bridgehead atoms. The number of benzene rings is 1. The lowest BCUT2D eigenvalue weighted by atomic mass is 10.0. The van der Waals surface area contributed by atoms with E-state index < -0.39 is 0 Å². The van der Waals surface area contributed by atoms with Crippen LogP contribution in [0, 0.1) is 5.92 Å². The normalized spacial score (nSPS) is 12.6. The van der Waals surface area contributed by atoms with Crippen LogP contribution in [0.3, 0.4) is 0 Å². The Kier molecular flexibility index (Phi) is 4.40. The van der Waals surface area contributed by atoms with E-state index in [1.165, 1.54) is 12.1 Å². The first-order valence-electron chi connectivity index (χ1n) is 5.60. The number of rotatable bonds is 3. The van der Waals surface area contributed by atoms with Crippen molar-refractivity contribution in [2.45, 2.75) is 26.8 Å². The van der Waals surface area contributed by atoms with E-state index in [2.05, 4.69) is 0 Å². The van der Waals surface area contributed by atoms with Crippen molar-refractivity contribution in [3.05, 3.63) is 28.8 Å². The predicted molar refractivity (Wildman–Crippen MR) is 69.5 cm³/mol. The quantitative estimate of drug-likeness (QED) is 0.901. The first-order chi connectivity index (χ1) is 7.84. The van der Waals surface area contributed by atoms with E-state index in [1.54, 1.807) is 18.0 Å². The van der Waals surface area contributed by atoms with Crippen LogP contribution in [0.4, 0.5) is 0 Å². The third kappa shape index (κ3) is 3.13. The summed E-state index contributed by atoms with van der Waals surface area (Å²) in [5, 5.41) is 10.1. The van der Waals surface area contributed by atoms with Gasteiger partial charge in [0.2, 0.25) is 0 Å². The van der Waals surface area contributed by atoms with E-state index >= 15 is 0 Å². The molecule has 17 heavy (non-hydrogen) atoms. The maximum atomic E-state index is 12.2. The number of hydrogen-bond donors (Lipinski definition) is 1. The molecule has 0 aliphatic rings. The second-order valence-electron chi connectivity index (χ2n) is 4.56. The fraction of sp³-hybridized carbons (Fsp3) is 0.462. The summed E-state index contributed by atoms with van der Waals surface area (Å²) in [4.78, 5) is 13.8. The molecule has 0 aliphatic heterocycles. The predicted octanol–water partition coefficient (Wildman–Crippen LogP) is 3.16. The highest BCUT2D eigenvalue weighted by molar-refractivity contribution is 6.31. The minimum Gasteiger partial charge on any atom is -0.507 e. The molecule has 1 rings (SSSR count). The number of aromatic hydroxyl groups is 1. The molecule has 0 fully saturated rings. The lowest BCUT2D eigenvalue weighted by Gasteiger charge is -2.28. The molecule has 1 amide bonds. The van der Waals surface area contributed by atoms with Gasteiger partial charge in [-0.05, 0) is 31.0 Å². The molecule has 0 aliphatic carbocycles. The summed E-state index contributed by atoms with van der Waals surface area (Å²) in [6, 6.07) is 4.58. The molecule has 0 heterocycles. The van der Waals surface area contributed by atoms with E-state index in [0.717, 1.165) is 0 Å². The Balaban J connectivity index is 3.00. The average molecular weight is 256 g/mol. The molecular formula is C13H18ClNO2. The van der Waals surface area contributed by atoms with Crippen molar-refractivity contribution < 1.29 is 9.90 Å². The van der Waals surface area contributed by atoms with Crippen molar-refractivity contribution in [2.24, 2.45) is 5.92 Å². The summed E-state index contributed by atoms with van der Waals surface area (Å²) < 4.78 is 0. The molecule has 4 heteroatoms. The monoisotopic (exact) mass is 255 g/mol. The van der Waals surface area contributed by atoms with Crippen molar-refractivity contribution in [3.63, 3.8) is 0 Å². The second kappa shape index (κ2) is 5.41. The van der Waals surface area contributed by atoms with E-state index in [9.17, 15) is 9.90 Å². The number of phenols is 1. The van der Waals surface area contributed by atoms with Crippen LogP contribution in [0.25, 0.3) is 0 Å². The van der Waals surface area contributed by atoms with Crippen molar-refractivity contribution in [1.82, 2.24) is 4.90 Å². The number of nitrogens with zero attached hydrogens (tertiary/aromatic N) is 1. The largest absolute Gasteiger partial charge is 0.507 e. The van der Waals surface area contributed by atoms with Gasteiger partial charge in [-0.2, -0.15) is 0 Å². The van der Waals surface area contributed by atoms with Crippen LogP contribution < -0.4 is 0 Å². The van der Waals surface area contributed by atoms with Crippen LogP contribution >= 0.6 is 11.6 Å². The Morgan fingerprint density at radius 3 is 2.47 bits per heavy atom. The number of halogens is 1. The molecule has 1 aromatic carbocycles. The molecular weight excluding hydrogens is 238 g/mol. The topological polar surface area (TPSA) is 40.5 Å². The number of amides is 1. The standard InChI is InChI=1S/C13H18ClNO2/c1-8(2)9(3)15(4)13(17)11-7-10(14)5-6-12(11)16/h5-9,16H,1-4H3. The zero-order chi connectivity index (χ0) is 13.2. The van der Waals surface area contributed by atoms with E-state index in [-0.39, 0.29) is 23.3 Å². The van der Waals surface area contributed by atoms with E-state index in [4.69, 9.17) is 11.6 Å². The second-order valence-corrected chi connectivity index (χ2v) is 5.00. The first kappa shape index (κ1) is 13.8. The van der Waals surface area contributed by atoms with Crippen LogP contribution in [-0.2, 0) is 0 Å². The van der Waals surface area contributed by atoms with Gasteiger partial charge in [-0.1, -0.05) is 25.4 Å².